The molecule has 0 saturated carbocycles. The molecule has 0 bridgehead atoms. The highest BCUT2D eigenvalue weighted by Gasteiger charge is 2.32. The monoisotopic (exact) mass is 315 g/mol. The molecule has 0 radical (unpaired) electrons. The van der Waals surface area contributed by atoms with Gasteiger partial charge in [-0.25, -0.2) is 4.39 Å². The van der Waals surface area contributed by atoms with Gasteiger partial charge in [-0.2, -0.15) is 0 Å². The summed E-state index contributed by atoms with van der Waals surface area (Å²) in [6, 6.07) is 5.20. The number of hydrogen-bond donors (Lipinski definition) is 1. The maximum atomic E-state index is 14.1. The SMILES string of the molecule is CCCNC(Cc1cccc(Cl)c1F)C(OC)C(C)(C)C. The van der Waals surface area contributed by atoms with Crippen LogP contribution in [0.5, 0.6) is 0 Å². The fourth-order valence-electron chi connectivity index (χ4n) is 2.68. The van der Waals surface area contributed by atoms with Crippen molar-refractivity contribution in [1.29, 1.82) is 0 Å². The van der Waals surface area contributed by atoms with E-state index in [0.29, 0.717) is 12.0 Å². The van der Waals surface area contributed by atoms with Crippen LogP contribution in [0.2, 0.25) is 5.02 Å². The molecule has 0 aliphatic carbocycles. The Hall–Kier alpha value is -0.640. The molecule has 2 unspecified atom stereocenters. The first-order chi connectivity index (χ1) is 9.81. The molecule has 1 aromatic carbocycles. The molecule has 0 spiro atoms. The van der Waals surface area contributed by atoms with E-state index < -0.39 is 0 Å². The first-order valence-corrected chi connectivity index (χ1v) is 7.88. The summed E-state index contributed by atoms with van der Waals surface area (Å²) in [6.45, 7) is 9.40. The number of hydrogen-bond acceptors (Lipinski definition) is 2. The second kappa shape index (κ2) is 8.11. The lowest BCUT2D eigenvalue weighted by Gasteiger charge is -2.36. The van der Waals surface area contributed by atoms with Crippen LogP contribution in [-0.2, 0) is 11.2 Å². The van der Waals surface area contributed by atoms with Gasteiger partial charge in [0.05, 0.1) is 11.1 Å². The molecule has 21 heavy (non-hydrogen) atoms. The van der Waals surface area contributed by atoms with E-state index in [1.165, 1.54) is 0 Å². The number of halogens is 2. The topological polar surface area (TPSA) is 21.3 Å². The van der Waals surface area contributed by atoms with E-state index in [0.717, 1.165) is 13.0 Å². The quantitative estimate of drug-likeness (QED) is 0.802. The van der Waals surface area contributed by atoms with Gasteiger partial charge in [0.2, 0.25) is 0 Å². The Labute approximate surface area is 133 Å². The number of benzene rings is 1. The fourth-order valence-corrected chi connectivity index (χ4v) is 2.87. The summed E-state index contributed by atoms with van der Waals surface area (Å²) < 4.78 is 19.8. The first-order valence-electron chi connectivity index (χ1n) is 7.50. The molecule has 2 atom stereocenters. The van der Waals surface area contributed by atoms with Crippen molar-refractivity contribution in [2.75, 3.05) is 13.7 Å². The highest BCUT2D eigenvalue weighted by atomic mass is 35.5. The summed E-state index contributed by atoms with van der Waals surface area (Å²) in [4.78, 5) is 0. The molecular formula is C17H27ClFNO. The van der Waals surface area contributed by atoms with Crippen LogP contribution in [0, 0.1) is 11.2 Å². The number of methoxy groups -OCH3 is 1. The molecule has 0 fully saturated rings. The molecule has 0 aliphatic rings. The van der Waals surface area contributed by atoms with Crippen LogP contribution in [0.4, 0.5) is 4.39 Å². The van der Waals surface area contributed by atoms with Crippen molar-refractivity contribution in [2.45, 2.75) is 52.7 Å². The van der Waals surface area contributed by atoms with Gasteiger partial charge in [-0.1, -0.05) is 51.4 Å². The standard InChI is InChI=1S/C17H27ClFNO/c1-6-10-20-14(16(21-5)17(2,3)4)11-12-8-7-9-13(18)15(12)19/h7-9,14,16,20H,6,10-11H2,1-5H3. The predicted octanol–water partition coefficient (Wildman–Crippen LogP) is 4.45. The van der Waals surface area contributed by atoms with Crippen LogP contribution >= 0.6 is 11.6 Å². The number of ether oxygens (including phenoxy) is 1. The van der Waals surface area contributed by atoms with E-state index >= 15 is 0 Å². The van der Waals surface area contributed by atoms with Gasteiger partial charge in [0.25, 0.3) is 0 Å². The van der Waals surface area contributed by atoms with Crippen LogP contribution in [0.1, 0.15) is 39.7 Å². The van der Waals surface area contributed by atoms with Crippen LogP contribution in [-0.4, -0.2) is 25.8 Å². The highest BCUT2D eigenvalue weighted by molar-refractivity contribution is 6.30. The van der Waals surface area contributed by atoms with Crippen molar-refractivity contribution in [3.63, 3.8) is 0 Å². The van der Waals surface area contributed by atoms with Crippen LogP contribution in [0.3, 0.4) is 0 Å². The fraction of sp³-hybridized carbons (Fsp3) is 0.647. The summed E-state index contributed by atoms with van der Waals surface area (Å²) in [5.74, 6) is -0.328. The van der Waals surface area contributed by atoms with Gasteiger partial charge in [-0.15, -0.1) is 0 Å². The molecule has 120 valence electrons. The molecule has 0 aliphatic heterocycles. The van der Waals surface area contributed by atoms with Crippen molar-refractivity contribution in [1.82, 2.24) is 5.32 Å². The molecule has 4 heteroatoms. The van der Waals surface area contributed by atoms with Crippen molar-refractivity contribution < 1.29 is 9.13 Å². The minimum atomic E-state index is -0.328. The summed E-state index contributed by atoms with van der Waals surface area (Å²) in [5.41, 5.74) is 0.595. The van der Waals surface area contributed by atoms with E-state index in [-0.39, 0.29) is 28.4 Å². The zero-order chi connectivity index (χ0) is 16.0. The van der Waals surface area contributed by atoms with Gasteiger partial charge in [0.15, 0.2) is 0 Å². The molecular weight excluding hydrogens is 289 g/mol. The lowest BCUT2D eigenvalue weighted by molar-refractivity contribution is -0.0111. The van der Waals surface area contributed by atoms with E-state index in [9.17, 15) is 4.39 Å². The van der Waals surface area contributed by atoms with Gasteiger partial charge in [-0.3, -0.25) is 0 Å². The lowest BCUT2D eigenvalue weighted by Crippen LogP contribution is -2.49. The van der Waals surface area contributed by atoms with Crippen LogP contribution < -0.4 is 5.32 Å². The molecule has 0 amide bonds. The predicted molar refractivity (Wildman–Crippen MR) is 87.4 cm³/mol. The largest absolute Gasteiger partial charge is 0.379 e. The highest BCUT2D eigenvalue weighted by Crippen LogP contribution is 2.27. The van der Waals surface area contributed by atoms with E-state index in [2.05, 4.69) is 33.0 Å². The second-order valence-electron chi connectivity index (χ2n) is 6.50. The number of nitrogens with one attached hydrogen (secondary N) is 1. The third-order valence-electron chi connectivity index (χ3n) is 3.60. The minimum absolute atomic E-state index is 0.0116. The second-order valence-corrected chi connectivity index (χ2v) is 6.91. The Balaban J connectivity index is 2.99. The minimum Gasteiger partial charge on any atom is -0.379 e. The third kappa shape index (κ3) is 5.24. The maximum Gasteiger partial charge on any atom is 0.145 e. The van der Waals surface area contributed by atoms with Gasteiger partial charge in [0.1, 0.15) is 5.82 Å². The van der Waals surface area contributed by atoms with Crippen molar-refractivity contribution in [3.8, 4) is 0 Å². The summed E-state index contributed by atoms with van der Waals surface area (Å²) in [5, 5.41) is 3.66. The van der Waals surface area contributed by atoms with Gasteiger partial charge < -0.3 is 10.1 Å². The number of rotatable bonds is 7. The van der Waals surface area contributed by atoms with E-state index in [1.54, 1.807) is 25.3 Å². The molecule has 2 nitrogen and oxygen atoms in total. The Morgan fingerprint density at radius 1 is 1.33 bits per heavy atom. The maximum absolute atomic E-state index is 14.1. The molecule has 1 N–H and O–H groups in total. The molecule has 0 aromatic heterocycles. The average Bonchev–Trinajstić information content (AvgIpc) is 2.40. The Morgan fingerprint density at radius 2 is 2.00 bits per heavy atom. The van der Waals surface area contributed by atoms with Crippen LogP contribution in [0.15, 0.2) is 18.2 Å². The van der Waals surface area contributed by atoms with Crippen molar-refractivity contribution in [3.05, 3.63) is 34.6 Å². The summed E-state index contributed by atoms with van der Waals surface area (Å²) in [6.07, 6.45) is 1.57. The Bertz CT molecular complexity index is 445. The molecule has 1 rings (SSSR count). The third-order valence-corrected chi connectivity index (χ3v) is 3.89. The molecule has 0 saturated heterocycles. The summed E-state index contributed by atoms with van der Waals surface area (Å²) >= 11 is 5.88. The average molecular weight is 316 g/mol. The molecule has 1 aromatic rings. The normalized spacial score (nSPS) is 15.0. The van der Waals surface area contributed by atoms with Crippen LogP contribution in [0.25, 0.3) is 0 Å². The van der Waals surface area contributed by atoms with E-state index in [1.807, 2.05) is 0 Å². The summed E-state index contributed by atoms with van der Waals surface area (Å²) in [7, 11) is 1.71. The first kappa shape index (κ1) is 18.4. The Morgan fingerprint density at radius 3 is 2.52 bits per heavy atom. The van der Waals surface area contributed by atoms with Gasteiger partial charge in [0, 0.05) is 13.2 Å². The molecule has 0 heterocycles. The van der Waals surface area contributed by atoms with Gasteiger partial charge in [-0.05, 0) is 36.4 Å². The van der Waals surface area contributed by atoms with Gasteiger partial charge >= 0.3 is 0 Å². The lowest BCUT2D eigenvalue weighted by atomic mass is 9.82. The van der Waals surface area contributed by atoms with Crippen molar-refractivity contribution in [2.24, 2.45) is 5.41 Å². The smallest absolute Gasteiger partial charge is 0.145 e. The Kier molecular flexibility index (Phi) is 7.11. The van der Waals surface area contributed by atoms with Crippen molar-refractivity contribution >= 4 is 11.6 Å². The van der Waals surface area contributed by atoms with E-state index in [4.69, 9.17) is 16.3 Å². The zero-order valence-electron chi connectivity index (χ0n) is 13.7. The zero-order valence-corrected chi connectivity index (χ0v) is 14.4.